The molecule has 22 heavy (non-hydrogen) atoms. The monoisotopic (exact) mass is 293 g/mol. The molecule has 0 amide bonds. The van der Waals surface area contributed by atoms with Crippen LogP contribution in [0.15, 0.2) is 59.6 Å². The number of allylic oxidation sites excluding steroid dienone is 1. The van der Waals surface area contributed by atoms with Crippen molar-refractivity contribution in [2.45, 2.75) is 12.8 Å². The molecule has 3 rings (SSSR count). The van der Waals surface area contributed by atoms with Crippen LogP contribution in [0.4, 0.5) is 0 Å². The minimum atomic E-state index is 0.275. The van der Waals surface area contributed by atoms with E-state index in [1.54, 1.807) is 19.2 Å². The van der Waals surface area contributed by atoms with Gasteiger partial charge < -0.3 is 9.84 Å². The van der Waals surface area contributed by atoms with E-state index in [0.29, 0.717) is 5.92 Å². The third-order valence-electron chi connectivity index (χ3n) is 3.83. The maximum atomic E-state index is 9.38. The van der Waals surface area contributed by atoms with E-state index in [0.717, 1.165) is 29.9 Å². The molecule has 3 heteroatoms. The number of phenols is 1. The second kappa shape index (κ2) is 6.48. The van der Waals surface area contributed by atoms with Crippen LogP contribution in [0, 0.1) is 5.92 Å². The highest BCUT2D eigenvalue weighted by Gasteiger charge is 2.13. The van der Waals surface area contributed by atoms with E-state index in [9.17, 15) is 5.11 Å². The molecule has 0 aromatic heterocycles. The van der Waals surface area contributed by atoms with Crippen LogP contribution in [-0.2, 0) is 6.42 Å². The van der Waals surface area contributed by atoms with Gasteiger partial charge in [0.05, 0.1) is 12.8 Å². The van der Waals surface area contributed by atoms with E-state index in [4.69, 9.17) is 4.74 Å². The zero-order valence-corrected chi connectivity index (χ0v) is 12.6. The molecule has 1 N–H and O–H groups in total. The highest BCUT2D eigenvalue weighted by molar-refractivity contribution is 5.77. The number of methoxy groups -OCH3 is 1. The van der Waals surface area contributed by atoms with Crippen molar-refractivity contribution < 1.29 is 9.84 Å². The van der Waals surface area contributed by atoms with Crippen molar-refractivity contribution in [2.24, 2.45) is 10.9 Å². The van der Waals surface area contributed by atoms with Crippen molar-refractivity contribution in [2.75, 3.05) is 7.11 Å². The molecule has 1 heterocycles. The van der Waals surface area contributed by atoms with Crippen molar-refractivity contribution >= 4 is 11.9 Å². The van der Waals surface area contributed by atoms with Gasteiger partial charge in [-0.1, -0.05) is 18.2 Å². The molecule has 0 saturated heterocycles. The van der Waals surface area contributed by atoms with Crippen LogP contribution in [0.25, 0.3) is 5.70 Å². The van der Waals surface area contributed by atoms with Crippen LogP contribution in [0.5, 0.6) is 11.5 Å². The predicted octanol–water partition coefficient (Wildman–Crippen LogP) is 4.08. The summed E-state index contributed by atoms with van der Waals surface area (Å²) in [7, 11) is 1.69. The Balaban J connectivity index is 1.77. The smallest absolute Gasteiger partial charge is 0.119 e. The fourth-order valence-electron chi connectivity index (χ4n) is 2.67. The number of nitrogens with zero attached hydrogens (tertiary/aromatic N) is 1. The molecule has 112 valence electrons. The quantitative estimate of drug-likeness (QED) is 0.923. The fraction of sp³-hybridized carbons (Fsp3) is 0.211. The van der Waals surface area contributed by atoms with Crippen LogP contribution in [0.2, 0.25) is 0 Å². The van der Waals surface area contributed by atoms with Crippen molar-refractivity contribution in [3.05, 3.63) is 65.7 Å². The van der Waals surface area contributed by atoms with Gasteiger partial charge in [0.15, 0.2) is 0 Å². The van der Waals surface area contributed by atoms with Crippen LogP contribution in [0.1, 0.15) is 17.5 Å². The number of hydrogen-bond acceptors (Lipinski definition) is 3. The third-order valence-corrected chi connectivity index (χ3v) is 3.83. The molecule has 1 unspecified atom stereocenters. The molecule has 0 fully saturated rings. The molecule has 0 aliphatic carbocycles. The average molecular weight is 293 g/mol. The van der Waals surface area contributed by atoms with Crippen molar-refractivity contribution in [1.29, 1.82) is 0 Å². The number of phenolic OH excluding ortho intramolecular Hbond substituents is 1. The minimum absolute atomic E-state index is 0.275. The van der Waals surface area contributed by atoms with Gasteiger partial charge in [-0.15, -0.1) is 0 Å². The van der Waals surface area contributed by atoms with E-state index in [-0.39, 0.29) is 5.75 Å². The molecular formula is C19H19NO2. The number of ether oxygens (including phenoxy) is 1. The van der Waals surface area contributed by atoms with Gasteiger partial charge in [0.25, 0.3) is 0 Å². The Labute approximate surface area is 130 Å². The Kier molecular flexibility index (Phi) is 4.24. The van der Waals surface area contributed by atoms with E-state index in [2.05, 4.69) is 23.2 Å². The molecule has 2 aromatic rings. The summed E-state index contributed by atoms with van der Waals surface area (Å²) in [6.45, 7) is 0. The summed E-state index contributed by atoms with van der Waals surface area (Å²) < 4.78 is 5.28. The Hall–Kier alpha value is -2.55. The Bertz CT molecular complexity index is 702. The molecule has 1 aliphatic heterocycles. The zero-order valence-electron chi connectivity index (χ0n) is 12.6. The van der Waals surface area contributed by atoms with Crippen LogP contribution >= 0.6 is 0 Å². The maximum absolute atomic E-state index is 9.38. The normalized spacial score (nSPS) is 17.1. The number of hydrogen-bond donors (Lipinski definition) is 1. The van der Waals surface area contributed by atoms with Gasteiger partial charge >= 0.3 is 0 Å². The summed E-state index contributed by atoms with van der Waals surface area (Å²) in [4.78, 5) is 4.48. The van der Waals surface area contributed by atoms with E-state index in [1.165, 1.54) is 5.56 Å². The molecule has 0 saturated carbocycles. The molecular weight excluding hydrogens is 274 g/mol. The molecule has 0 spiro atoms. The first kappa shape index (κ1) is 14.4. The summed E-state index contributed by atoms with van der Waals surface area (Å²) in [5.41, 5.74) is 3.27. The summed E-state index contributed by atoms with van der Waals surface area (Å²) in [5, 5.41) is 9.38. The highest BCUT2D eigenvalue weighted by atomic mass is 16.5. The molecule has 1 atom stereocenters. The summed E-state index contributed by atoms with van der Waals surface area (Å²) >= 11 is 0. The molecule has 2 aromatic carbocycles. The van der Waals surface area contributed by atoms with Crippen molar-refractivity contribution in [3.63, 3.8) is 0 Å². The first-order chi connectivity index (χ1) is 10.7. The molecule has 3 nitrogen and oxygen atoms in total. The van der Waals surface area contributed by atoms with Gasteiger partial charge in [0.2, 0.25) is 0 Å². The lowest BCUT2D eigenvalue weighted by Gasteiger charge is -2.17. The van der Waals surface area contributed by atoms with Crippen molar-refractivity contribution in [3.8, 4) is 11.5 Å². The average Bonchev–Trinajstić information content (AvgIpc) is 2.56. The van der Waals surface area contributed by atoms with Crippen LogP contribution in [-0.4, -0.2) is 18.4 Å². The number of aliphatic imine (C=N–C) groups is 1. The predicted molar refractivity (Wildman–Crippen MR) is 89.4 cm³/mol. The lowest BCUT2D eigenvalue weighted by atomic mass is 9.93. The minimum Gasteiger partial charge on any atom is -0.508 e. The molecule has 1 aliphatic rings. The molecule has 0 radical (unpaired) electrons. The van der Waals surface area contributed by atoms with Gasteiger partial charge in [-0.2, -0.15) is 0 Å². The highest BCUT2D eigenvalue weighted by Crippen LogP contribution is 2.27. The Morgan fingerprint density at radius 3 is 2.77 bits per heavy atom. The second-order valence-electron chi connectivity index (χ2n) is 5.46. The fourth-order valence-corrected chi connectivity index (χ4v) is 2.67. The summed E-state index contributed by atoms with van der Waals surface area (Å²) in [6.07, 6.45) is 6.10. The number of rotatable bonds is 4. The Morgan fingerprint density at radius 2 is 2.00 bits per heavy atom. The topological polar surface area (TPSA) is 41.8 Å². The van der Waals surface area contributed by atoms with Gasteiger partial charge in [-0.25, -0.2) is 0 Å². The van der Waals surface area contributed by atoms with Crippen LogP contribution < -0.4 is 4.74 Å². The lowest BCUT2D eigenvalue weighted by molar-refractivity contribution is 0.414. The van der Waals surface area contributed by atoms with E-state index < -0.39 is 0 Å². The van der Waals surface area contributed by atoms with Crippen molar-refractivity contribution in [1.82, 2.24) is 0 Å². The molecule has 0 bridgehead atoms. The summed E-state index contributed by atoms with van der Waals surface area (Å²) in [5.74, 6) is 1.59. The summed E-state index contributed by atoms with van der Waals surface area (Å²) in [6, 6.07) is 15.4. The van der Waals surface area contributed by atoms with Gasteiger partial charge in [0.1, 0.15) is 11.5 Å². The van der Waals surface area contributed by atoms with Gasteiger partial charge in [-0.3, -0.25) is 4.99 Å². The second-order valence-corrected chi connectivity index (χ2v) is 5.46. The van der Waals surface area contributed by atoms with E-state index >= 15 is 0 Å². The Morgan fingerprint density at radius 1 is 1.18 bits per heavy atom. The standard InChI is InChI=1S/C19H19NO2/c1-22-18-4-2-3-14(12-18)11-15-9-10-20-19(13-15)16-5-7-17(21)8-6-16/h2-8,10,12-13,15,21H,9,11H2,1H3. The van der Waals surface area contributed by atoms with Crippen LogP contribution in [0.3, 0.4) is 0 Å². The van der Waals surface area contributed by atoms with E-state index in [1.807, 2.05) is 30.5 Å². The largest absolute Gasteiger partial charge is 0.508 e. The number of aromatic hydroxyl groups is 1. The lowest BCUT2D eigenvalue weighted by Crippen LogP contribution is -2.07. The zero-order chi connectivity index (χ0) is 15.4. The SMILES string of the molecule is COc1cccc(CC2C=C(c3ccc(O)cc3)N=CC2)c1. The van der Waals surface area contributed by atoms with Gasteiger partial charge in [-0.05, 0) is 60.7 Å². The first-order valence-corrected chi connectivity index (χ1v) is 7.41. The number of benzene rings is 2. The van der Waals surface area contributed by atoms with Gasteiger partial charge in [0, 0.05) is 11.8 Å². The first-order valence-electron chi connectivity index (χ1n) is 7.41. The third kappa shape index (κ3) is 3.37. The maximum Gasteiger partial charge on any atom is 0.119 e.